The Bertz CT molecular complexity index is 866. The van der Waals surface area contributed by atoms with E-state index in [0.29, 0.717) is 29.0 Å². The molecule has 0 amide bonds. The second-order valence-corrected chi connectivity index (χ2v) is 4.79. The van der Waals surface area contributed by atoms with Crippen molar-refractivity contribution in [1.29, 1.82) is 0 Å². The molecule has 0 atom stereocenters. The van der Waals surface area contributed by atoms with Crippen LogP contribution in [0.15, 0.2) is 24.4 Å². The number of tetrazole rings is 1. The first kappa shape index (κ1) is 15.6. The SMILES string of the molecule is CNc1nc(Nc2ccc(F)c(-n3nnnc3C)c2)ncc1OC. The molecule has 1 aromatic carbocycles. The summed E-state index contributed by atoms with van der Waals surface area (Å²) in [4.78, 5) is 8.45. The lowest BCUT2D eigenvalue weighted by atomic mass is 10.2. The predicted octanol–water partition coefficient (Wildman–Crippen LogP) is 1.69. The molecule has 0 aliphatic carbocycles. The van der Waals surface area contributed by atoms with Crippen molar-refractivity contribution in [1.82, 2.24) is 30.2 Å². The Morgan fingerprint density at radius 3 is 2.79 bits per heavy atom. The summed E-state index contributed by atoms with van der Waals surface area (Å²) < 4.78 is 20.5. The number of benzene rings is 1. The summed E-state index contributed by atoms with van der Waals surface area (Å²) in [5.74, 6) is 1.43. The maximum absolute atomic E-state index is 14.1. The van der Waals surface area contributed by atoms with Crippen molar-refractivity contribution in [3.8, 4) is 11.4 Å². The van der Waals surface area contributed by atoms with E-state index in [9.17, 15) is 4.39 Å². The lowest BCUT2D eigenvalue weighted by Gasteiger charge is -2.11. The van der Waals surface area contributed by atoms with Gasteiger partial charge in [-0.3, -0.25) is 0 Å². The summed E-state index contributed by atoms with van der Waals surface area (Å²) in [6.07, 6.45) is 1.54. The molecule has 3 rings (SSSR count). The first-order valence-electron chi connectivity index (χ1n) is 7.03. The van der Waals surface area contributed by atoms with Gasteiger partial charge in [-0.05, 0) is 35.5 Å². The molecule has 0 aliphatic rings. The van der Waals surface area contributed by atoms with Crippen molar-refractivity contribution < 1.29 is 9.13 Å². The molecule has 3 aromatic rings. The molecule has 9 nitrogen and oxygen atoms in total. The van der Waals surface area contributed by atoms with Gasteiger partial charge in [-0.2, -0.15) is 9.67 Å². The average Bonchev–Trinajstić information content (AvgIpc) is 3.02. The minimum Gasteiger partial charge on any atom is -0.491 e. The molecule has 2 aromatic heterocycles. The molecular formula is C14H15FN8O. The van der Waals surface area contributed by atoms with Gasteiger partial charge in [0.05, 0.1) is 13.3 Å². The summed E-state index contributed by atoms with van der Waals surface area (Å²) in [7, 11) is 3.26. The monoisotopic (exact) mass is 330 g/mol. The van der Waals surface area contributed by atoms with Crippen molar-refractivity contribution in [2.24, 2.45) is 0 Å². The van der Waals surface area contributed by atoms with E-state index in [1.807, 2.05) is 0 Å². The van der Waals surface area contributed by atoms with Gasteiger partial charge in [0.1, 0.15) is 11.5 Å². The molecule has 0 fully saturated rings. The van der Waals surface area contributed by atoms with Crippen LogP contribution in [-0.2, 0) is 0 Å². The number of hydrogen-bond acceptors (Lipinski definition) is 8. The van der Waals surface area contributed by atoms with E-state index < -0.39 is 5.82 Å². The van der Waals surface area contributed by atoms with Crippen molar-refractivity contribution in [2.45, 2.75) is 6.92 Å². The number of hydrogen-bond donors (Lipinski definition) is 2. The van der Waals surface area contributed by atoms with Gasteiger partial charge in [-0.25, -0.2) is 9.37 Å². The van der Waals surface area contributed by atoms with Crippen LogP contribution >= 0.6 is 0 Å². The van der Waals surface area contributed by atoms with Crippen LogP contribution in [0.1, 0.15) is 5.82 Å². The van der Waals surface area contributed by atoms with Gasteiger partial charge in [0.25, 0.3) is 0 Å². The van der Waals surface area contributed by atoms with Gasteiger partial charge >= 0.3 is 0 Å². The molecule has 24 heavy (non-hydrogen) atoms. The first-order chi connectivity index (χ1) is 11.6. The fourth-order valence-corrected chi connectivity index (χ4v) is 2.10. The highest BCUT2D eigenvalue weighted by Crippen LogP contribution is 2.24. The third-order valence-corrected chi connectivity index (χ3v) is 3.27. The third kappa shape index (κ3) is 2.93. The number of halogens is 1. The molecule has 0 radical (unpaired) electrons. The summed E-state index contributed by atoms with van der Waals surface area (Å²) >= 11 is 0. The van der Waals surface area contributed by atoms with Crippen LogP contribution in [0.3, 0.4) is 0 Å². The zero-order valence-electron chi connectivity index (χ0n) is 13.3. The predicted molar refractivity (Wildman–Crippen MR) is 85.3 cm³/mol. The molecular weight excluding hydrogens is 315 g/mol. The zero-order chi connectivity index (χ0) is 17.1. The Morgan fingerprint density at radius 2 is 2.12 bits per heavy atom. The Hall–Kier alpha value is -3.30. The molecule has 0 unspecified atom stereocenters. The van der Waals surface area contributed by atoms with E-state index in [1.165, 1.54) is 24.1 Å². The summed E-state index contributed by atoms with van der Waals surface area (Å²) in [6, 6.07) is 4.47. The maximum Gasteiger partial charge on any atom is 0.229 e. The second kappa shape index (κ2) is 6.44. The quantitative estimate of drug-likeness (QED) is 0.728. The van der Waals surface area contributed by atoms with Gasteiger partial charge in [-0.1, -0.05) is 0 Å². The number of rotatable bonds is 5. The van der Waals surface area contributed by atoms with Crippen LogP contribution in [0.4, 0.5) is 21.8 Å². The lowest BCUT2D eigenvalue weighted by molar-refractivity contribution is 0.413. The van der Waals surface area contributed by atoms with Crippen molar-refractivity contribution in [3.05, 3.63) is 36.0 Å². The Balaban J connectivity index is 1.93. The fourth-order valence-electron chi connectivity index (χ4n) is 2.10. The van der Waals surface area contributed by atoms with E-state index in [1.54, 1.807) is 26.1 Å². The van der Waals surface area contributed by atoms with E-state index in [0.717, 1.165) is 0 Å². The normalized spacial score (nSPS) is 10.5. The lowest BCUT2D eigenvalue weighted by Crippen LogP contribution is -2.05. The van der Waals surface area contributed by atoms with Gasteiger partial charge in [0.2, 0.25) is 5.95 Å². The molecule has 0 saturated carbocycles. The van der Waals surface area contributed by atoms with E-state index >= 15 is 0 Å². The van der Waals surface area contributed by atoms with Crippen LogP contribution in [0, 0.1) is 12.7 Å². The molecule has 0 spiro atoms. The Labute approximate surface area is 136 Å². The van der Waals surface area contributed by atoms with Gasteiger partial charge in [-0.15, -0.1) is 5.10 Å². The Morgan fingerprint density at radius 1 is 1.29 bits per heavy atom. The Kier molecular flexibility index (Phi) is 4.18. The fraction of sp³-hybridized carbons (Fsp3) is 0.214. The maximum atomic E-state index is 14.1. The van der Waals surface area contributed by atoms with Crippen LogP contribution in [0.5, 0.6) is 5.75 Å². The summed E-state index contributed by atoms with van der Waals surface area (Å²) in [5, 5.41) is 17.0. The molecule has 2 heterocycles. The zero-order valence-corrected chi connectivity index (χ0v) is 13.3. The second-order valence-electron chi connectivity index (χ2n) is 4.79. The molecule has 2 N–H and O–H groups in total. The minimum absolute atomic E-state index is 0.227. The van der Waals surface area contributed by atoms with Gasteiger partial charge < -0.3 is 15.4 Å². The molecule has 10 heteroatoms. The minimum atomic E-state index is -0.442. The number of nitrogens with one attached hydrogen (secondary N) is 2. The molecule has 0 saturated heterocycles. The highest BCUT2D eigenvalue weighted by molar-refractivity contribution is 5.60. The molecule has 0 bridgehead atoms. The highest BCUT2D eigenvalue weighted by Gasteiger charge is 2.12. The average molecular weight is 330 g/mol. The number of methoxy groups -OCH3 is 1. The van der Waals surface area contributed by atoms with Crippen LogP contribution < -0.4 is 15.4 Å². The topological polar surface area (TPSA) is 103 Å². The molecule has 124 valence electrons. The smallest absolute Gasteiger partial charge is 0.229 e. The van der Waals surface area contributed by atoms with E-state index in [-0.39, 0.29) is 5.69 Å². The highest BCUT2D eigenvalue weighted by atomic mass is 19.1. The van der Waals surface area contributed by atoms with Gasteiger partial charge in [0, 0.05) is 12.7 Å². The first-order valence-corrected chi connectivity index (χ1v) is 7.03. The van der Waals surface area contributed by atoms with E-state index in [2.05, 4.69) is 36.1 Å². The van der Waals surface area contributed by atoms with Crippen molar-refractivity contribution in [3.63, 3.8) is 0 Å². The third-order valence-electron chi connectivity index (χ3n) is 3.27. The number of anilines is 3. The standard InChI is InChI=1S/C14H15FN8O/c1-8-20-21-22-23(8)11-6-9(4-5-10(11)15)18-14-17-7-12(24-3)13(16-2)19-14/h4-7H,1-3H3,(H2,16,17,18,19). The van der Waals surface area contributed by atoms with Crippen LogP contribution in [0.2, 0.25) is 0 Å². The van der Waals surface area contributed by atoms with Crippen molar-refractivity contribution in [2.75, 3.05) is 24.8 Å². The summed E-state index contributed by atoms with van der Waals surface area (Å²) in [5.41, 5.74) is 0.818. The molecule has 0 aliphatic heterocycles. The van der Waals surface area contributed by atoms with Crippen molar-refractivity contribution >= 4 is 17.5 Å². The number of ether oxygens (including phenoxy) is 1. The summed E-state index contributed by atoms with van der Waals surface area (Å²) in [6.45, 7) is 1.69. The number of aromatic nitrogens is 6. The number of nitrogens with zero attached hydrogens (tertiary/aromatic N) is 6. The van der Waals surface area contributed by atoms with Crippen LogP contribution in [-0.4, -0.2) is 44.3 Å². The van der Waals surface area contributed by atoms with Gasteiger partial charge in [0.15, 0.2) is 17.4 Å². The van der Waals surface area contributed by atoms with E-state index in [4.69, 9.17) is 4.74 Å². The largest absolute Gasteiger partial charge is 0.491 e. The number of aryl methyl sites for hydroxylation is 1. The van der Waals surface area contributed by atoms with Crippen LogP contribution in [0.25, 0.3) is 5.69 Å².